The van der Waals surface area contributed by atoms with Crippen molar-refractivity contribution in [1.82, 2.24) is 9.78 Å². The van der Waals surface area contributed by atoms with Crippen LogP contribution in [0, 0.1) is 12.7 Å². The van der Waals surface area contributed by atoms with Crippen LogP contribution in [0.15, 0.2) is 42.5 Å². The van der Waals surface area contributed by atoms with E-state index in [4.69, 9.17) is 4.74 Å². The quantitative estimate of drug-likeness (QED) is 0.635. The summed E-state index contributed by atoms with van der Waals surface area (Å²) in [5.74, 6) is -3.10. The number of aromatic nitrogens is 2. The molecule has 0 bridgehead atoms. The number of carbonyl (C=O) groups excluding carboxylic acids is 1. The molecule has 156 valence electrons. The molecule has 30 heavy (non-hydrogen) atoms. The number of amides is 1. The third kappa shape index (κ3) is 3.77. The number of halogens is 3. The van der Waals surface area contributed by atoms with Crippen LogP contribution in [-0.2, 0) is 11.3 Å². The normalized spacial score (nSPS) is 13.6. The molecule has 1 amide bonds. The Hall–Kier alpha value is -3.29. The number of hydrogen-bond acceptors (Lipinski definition) is 3. The molecule has 0 aliphatic carbocycles. The van der Waals surface area contributed by atoms with Crippen molar-refractivity contribution in [3.63, 3.8) is 0 Å². The van der Waals surface area contributed by atoms with Gasteiger partial charge in [0.15, 0.2) is 6.61 Å². The Kier molecular flexibility index (Phi) is 5.01. The van der Waals surface area contributed by atoms with Gasteiger partial charge in [0.1, 0.15) is 18.1 Å². The number of nitrogens with one attached hydrogen (secondary N) is 1. The summed E-state index contributed by atoms with van der Waals surface area (Å²) in [5.41, 5.74) is 3.39. The highest BCUT2D eigenvalue weighted by atomic mass is 19.3. The molecule has 0 saturated heterocycles. The van der Waals surface area contributed by atoms with Gasteiger partial charge in [0.2, 0.25) is 0 Å². The average molecular weight is 415 g/mol. The van der Waals surface area contributed by atoms with Crippen molar-refractivity contribution in [1.29, 1.82) is 0 Å². The predicted molar refractivity (Wildman–Crippen MR) is 107 cm³/mol. The number of hydrogen-bond donors (Lipinski definition) is 1. The maximum absolute atomic E-state index is 14.2. The Morgan fingerprint density at radius 1 is 1.17 bits per heavy atom. The van der Waals surface area contributed by atoms with Gasteiger partial charge in [-0.15, -0.1) is 0 Å². The van der Waals surface area contributed by atoms with Gasteiger partial charge in [-0.2, -0.15) is 5.10 Å². The first-order valence-corrected chi connectivity index (χ1v) is 9.55. The molecule has 3 aromatic rings. The fourth-order valence-corrected chi connectivity index (χ4v) is 3.51. The second-order valence-electron chi connectivity index (χ2n) is 7.23. The fourth-order valence-electron chi connectivity index (χ4n) is 3.51. The van der Waals surface area contributed by atoms with E-state index in [1.54, 1.807) is 37.3 Å². The van der Waals surface area contributed by atoms with E-state index in [1.807, 2.05) is 0 Å². The largest absolute Gasteiger partial charge is 0.482 e. The lowest BCUT2D eigenvalue weighted by atomic mass is 9.98. The molecule has 0 radical (unpaired) electrons. The minimum absolute atomic E-state index is 0.0593. The molecule has 1 aliphatic heterocycles. The molecule has 1 aliphatic rings. The molecule has 1 N–H and O–H groups in total. The maximum Gasteiger partial charge on any atom is 0.267 e. The van der Waals surface area contributed by atoms with Crippen molar-refractivity contribution in [2.45, 2.75) is 32.7 Å². The van der Waals surface area contributed by atoms with Gasteiger partial charge in [-0.25, -0.2) is 13.2 Å². The molecule has 0 fully saturated rings. The van der Waals surface area contributed by atoms with Crippen LogP contribution < -0.4 is 10.1 Å². The van der Waals surface area contributed by atoms with E-state index < -0.39 is 18.3 Å². The number of nitrogens with zero attached hydrogens (tertiary/aromatic N) is 2. The number of anilines is 1. The number of aryl methyl sites for hydroxylation is 1. The molecule has 4 rings (SSSR count). The summed E-state index contributed by atoms with van der Waals surface area (Å²) in [6, 6.07) is 10.9. The minimum atomic E-state index is -2.94. The van der Waals surface area contributed by atoms with E-state index in [0.717, 1.165) is 0 Å². The van der Waals surface area contributed by atoms with Gasteiger partial charge >= 0.3 is 0 Å². The van der Waals surface area contributed by atoms with Crippen LogP contribution in [0.1, 0.15) is 19.0 Å². The van der Waals surface area contributed by atoms with Crippen LogP contribution in [0.25, 0.3) is 22.4 Å². The van der Waals surface area contributed by atoms with Crippen molar-refractivity contribution in [3.8, 4) is 28.1 Å². The zero-order valence-corrected chi connectivity index (χ0v) is 16.5. The highest BCUT2D eigenvalue weighted by molar-refractivity contribution is 5.97. The number of ether oxygens (including phenoxy) is 1. The molecule has 2 aromatic carbocycles. The summed E-state index contributed by atoms with van der Waals surface area (Å²) in [7, 11) is 0. The summed E-state index contributed by atoms with van der Waals surface area (Å²) in [5, 5.41) is 7.12. The number of fused-ring (bicyclic) bond motifs is 1. The molecule has 0 atom stereocenters. The standard InChI is InChI=1S/C22H20F3N3O2/c1-3-22(24,25)12-28-21(14-4-7-16(23)8-5-14)20(13(2)27-28)15-6-9-18-17(10-15)26-19(29)11-30-18/h4-10H,3,11-12H2,1-2H3,(H,26,29). The van der Waals surface area contributed by atoms with Crippen LogP contribution in [-0.4, -0.2) is 28.2 Å². The fraction of sp³-hybridized carbons (Fsp3) is 0.273. The van der Waals surface area contributed by atoms with Gasteiger partial charge in [0, 0.05) is 17.5 Å². The third-order valence-corrected chi connectivity index (χ3v) is 5.04. The van der Waals surface area contributed by atoms with Crippen LogP contribution in [0.3, 0.4) is 0 Å². The monoisotopic (exact) mass is 415 g/mol. The van der Waals surface area contributed by atoms with Crippen molar-refractivity contribution >= 4 is 11.6 Å². The molecule has 8 heteroatoms. The van der Waals surface area contributed by atoms with Crippen LogP contribution in [0.5, 0.6) is 5.75 Å². The number of carbonyl (C=O) groups is 1. The number of benzene rings is 2. The molecular weight excluding hydrogens is 395 g/mol. The van der Waals surface area contributed by atoms with Crippen LogP contribution >= 0.6 is 0 Å². The Morgan fingerprint density at radius 2 is 1.87 bits per heavy atom. The predicted octanol–water partition coefficient (Wildman–Crippen LogP) is 5.04. The highest BCUT2D eigenvalue weighted by Gasteiger charge is 2.30. The Balaban J connectivity index is 1.89. The second-order valence-corrected chi connectivity index (χ2v) is 7.23. The van der Waals surface area contributed by atoms with E-state index in [2.05, 4.69) is 10.4 Å². The molecule has 2 heterocycles. The Bertz CT molecular complexity index is 1110. The van der Waals surface area contributed by atoms with Crippen molar-refractivity contribution < 1.29 is 22.7 Å². The SMILES string of the molecule is CCC(F)(F)Cn1nc(C)c(-c2ccc3c(c2)NC(=O)CO3)c1-c1ccc(F)cc1. The first-order chi connectivity index (χ1) is 14.3. The second kappa shape index (κ2) is 7.51. The van der Waals surface area contributed by atoms with Gasteiger partial charge < -0.3 is 10.1 Å². The lowest BCUT2D eigenvalue weighted by Gasteiger charge is -2.19. The zero-order valence-electron chi connectivity index (χ0n) is 16.5. The van der Waals surface area contributed by atoms with E-state index in [-0.39, 0.29) is 18.9 Å². The first kappa shape index (κ1) is 20.0. The molecule has 1 aromatic heterocycles. The zero-order chi connectivity index (χ0) is 21.5. The topological polar surface area (TPSA) is 56.2 Å². The van der Waals surface area contributed by atoms with Crippen molar-refractivity contribution in [2.75, 3.05) is 11.9 Å². The van der Waals surface area contributed by atoms with Crippen molar-refractivity contribution in [2.24, 2.45) is 0 Å². The summed E-state index contributed by atoms with van der Waals surface area (Å²) >= 11 is 0. The molecule has 5 nitrogen and oxygen atoms in total. The van der Waals surface area contributed by atoms with Gasteiger partial charge in [0.25, 0.3) is 11.8 Å². The smallest absolute Gasteiger partial charge is 0.267 e. The average Bonchev–Trinajstić information content (AvgIpc) is 3.03. The Morgan fingerprint density at radius 3 is 2.57 bits per heavy atom. The number of alkyl halides is 2. The number of rotatable bonds is 5. The lowest BCUT2D eigenvalue weighted by molar-refractivity contribution is -0.118. The van der Waals surface area contributed by atoms with E-state index >= 15 is 0 Å². The van der Waals surface area contributed by atoms with Crippen LogP contribution in [0.4, 0.5) is 18.9 Å². The lowest BCUT2D eigenvalue weighted by Crippen LogP contribution is -2.25. The van der Waals surface area contributed by atoms with Gasteiger partial charge in [0.05, 0.1) is 17.1 Å². The summed E-state index contributed by atoms with van der Waals surface area (Å²) in [6.07, 6.45) is -0.327. The molecule has 0 unspecified atom stereocenters. The summed E-state index contributed by atoms with van der Waals surface area (Å²) < 4.78 is 48.6. The van der Waals surface area contributed by atoms with E-state index in [0.29, 0.717) is 39.5 Å². The van der Waals surface area contributed by atoms with E-state index in [1.165, 1.54) is 23.7 Å². The van der Waals surface area contributed by atoms with Crippen molar-refractivity contribution in [3.05, 3.63) is 54.0 Å². The maximum atomic E-state index is 14.2. The minimum Gasteiger partial charge on any atom is -0.482 e. The molecule has 0 spiro atoms. The Labute approximate surface area is 171 Å². The first-order valence-electron chi connectivity index (χ1n) is 9.55. The van der Waals surface area contributed by atoms with Crippen LogP contribution in [0.2, 0.25) is 0 Å². The van der Waals surface area contributed by atoms with E-state index in [9.17, 15) is 18.0 Å². The highest BCUT2D eigenvalue weighted by Crippen LogP contribution is 2.40. The van der Waals surface area contributed by atoms with Gasteiger partial charge in [-0.05, 0) is 48.9 Å². The van der Waals surface area contributed by atoms with Gasteiger partial charge in [-0.3, -0.25) is 9.48 Å². The summed E-state index contributed by atoms with van der Waals surface area (Å²) in [6.45, 7) is 2.50. The van der Waals surface area contributed by atoms with Gasteiger partial charge in [-0.1, -0.05) is 13.0 Å². The molecular formula is C22H20F3N3O2. The summed E-state index contributed by atoms with van der Waals surface area (Å²) in [4.78, 5) is 11.7. The third-order valence-electron chi connectivity index (χ3n) is 5.04. The molecule has 0 saturated carbocycles.